The minimum Gasteiger partial charge on any atom is -0.369 e. The highest BCUT2D eigenvalue weighted by molar-refractivity contribution is 5.91. The van der Waals surface area contributed by atoms with Crippen LogP contribution in [0.3, 0.4) is 0 Å². The molecule has 0 saturated heterocycles. The summed E-state index contributed by atoms with van der Waals surface area (Å²) in [5.74, 6) is 0.568. The van der Waals surface area contributed by atoms with Gasteiger partial charge in [-0.25, -0.2) is 0 Å². The van der Waals surface area contributed by atoms with Crippen molar-refractivity contribution < 1.29 is 4.79 Å². The van der Waals surface area contributed by atoms with Crippen molar-refractivity contribution in [1.82, 2.24) is 15.1 Å². The first-order valence-corrected chi connectivity index (χ1v) is 6.09. The second-order valence-electron chi connectivity index (χ2n) is 5.74. The molecule has 0 unspecified atom stereocenters. The number of nitrogens with one attached hydrogen (secondary N) is 1. The molecule has 1 aromatic heterocycles. The van der Waals surface area contributed by atoms with Gasteiger partial charge in [-0.05, 0) is 24.0 Å². The maximum atomic E-state index is 11.6. The van der Waals surface area contributed by atoms with E-state index >= 15 is 0 Å². The molecule has 0 saturated carbocycles. The smallest absolute Gasteiger partial charge is 0.273 e. The lowest BCUT2D eigenvalue weighted by molar-refractivity contribution is 0.0821. The monoisotopic (exact) mass is 250 g/mol. The zero-order valence-corrected chi connectivity index (χ0v) is 11.8. The molecule has 5 heteroatoms. The lowest BCUT2D eigenvalue weighted by atomic mass is 9.92. The fraction of sp³-hybridized carbons (Fsp3) is 0.615. The molecule has 0 fully saturated rings. The summed E-state index contributed by atoms with van der Waals surface area (Å²) >= 11 is 0. The third-order valence-electron chi connectivity index (χ3n) is 2.47. The topological polar surface area (TPSA) is 58.1 Å². The van der Waals surface area contributed by atoms with Gasteiger partial charge in [0.2, 0.25) is 0 Å². The molecule has 1 rings (SSSR count). The first-order chi connectivity index (χ1) is 8.29. The Morgan fingerprint density at radius 2 is 1.94 bits per heavy atom. The molecule has 0 aliphatic rings. The molecule has 1 amide bonds. The molecule has 0 bridgehead atoms. The lowest BCUT2D eigenvalue weighted by Crippen LogP contribution is -2.23. The average Bonchev–Trinajstić information content (AvgIpc) is 2.27. The molecule has 18 heavy (non-hydrogen) atoms. The van der Waals surface area contributed by atoms with Crippen molar-refractivity contribution in [2.24, 2.45) is 5.41 Å². The molecule has 0 aliphatic carbocycles. The lowest BCUT2D eigenvalue weighted by Gasteiger charge is -2.18. The Morgan fingerprint density at radius 1 is 1.28 bits per heavy atom. The SMILES string of the molecule is CN(C)C(=O)c1ccc(NCCC(C)(C)C)nn1. The van der Waals surface area contributed by atoms with Gasteiger partial charge in [0.1, 0.15) is 5.82 Å². The summed E-state index contributed by atoms with van der Waals surface area (Å²) in [6.07, 6.45) is 1.05. The number of rotatable bonds is 4. The summed E-state index contributed by atoms with van der Waals surface area (Å²) in [6.45, 7) is 7.43. The Kier molecular flexibility index (Phi) is 4.64. The molecule has 1 N–H and O–H groups in total. The number of hydrogen-bond donors (Lipinski definition) is 1. The third kappa shape index (κ3) is 4.69. The first-order valence-electron chi connectivity index (χ1n) is 6.09. The third-order valence-corrected chi connectivity index (χ3v) is 2.47. The maximum Gasteiger partial charge on any atom is 0.273 e. The highest BCUT2D eigenvalue weighted by Gasteiger charge is 2.11. The van der Waals surface area contributed by atoms with Gasteiger partial charge in [0.25, 0.3) is 5.91 Å². The summed E-state index contributed by atoms with van der Waals surface area (Å²) < 4.78 is 0. The average molecular weight is 250 g/mol. The van der Waals surface area contributed by atoms with E-state index in [1.807, 2.05) is 0 Å². The van der Waals surface area contributed by atoms with Gasteiger partial charge in [0.05, 0.1) is 0 Å². The number of anilines is 1. The maximum absolute atomic E-state index is 11.6. The van der Waals surface area contributed by atoms with Crippen LogP contribution in [0, 0.1) is 5.41 Å². The van der Waals surface area contributed by atoms with Gasteiger partial charge in [0, 0.05) is 20.6 Å². The van der Waals surface area contributed by atoms with Crippen molar-refractivity contribution in [3.8, 4) is 0 Å². The highest BCUT2D eigenvalue weighted by Crippen LogP contribution is 2.18. The van der Waals surface area contributed by atoms with E-state index in [4.69, 9.17) is 0 Å². The van der Waals surface area contributed by atoms with Crippen LogP contribution in [0.5, 0.6) is 0 Å². The van der Waals surface area contributed by atoms with Crippen molar-refractivity contribution in [3.63, 3.8) is 0 Å². The minimum atomic E-state index is -0.135. The predicted molar refractivity (Wildman–Crippen MR) is 72.6 cm³/mol. The molecule has 1 aromatic rings. The number of aromatic nitrogens is 2. The van der Waals surface area contributed by atoms with E-state index < -0.39 is 0 Å². The quantitative estimate of drug-likeness (QED) is 0.888. The molecule has 0 radical (unpaired) electrons. The van der Waals surface area contributed by atoms with Crippen LogP contribution in [-0.2, 0) is 0 Å². The van der Waals surface area contributed by atoms with Crippen LogP contribution in [0.15, 0.2) is 12.1 Å². The normalized spacial score (nSPS) is 11.2. The van der Waals surface area contributed by atoms with E-state index in [0.717, 1.165) is 13.0 Å². The molecular formula is C13H22N4O. The minimum absolute atomic E-state index is 0.135. The molecule has 1 heterocycles. The Labute approximate surface area is 109 Å². The molecule has 0 atom stereocenters. The molecular weight excluding hydrogens is 228 g/mol. The van der Waals surface area contributed by atoms with Gasteiger partial charge < -0.3 is 10.2 Å². The Hall–Kier alpha value is -1.65. The molecule has 5 nitrogen and oxygen atoms in total. The largest absolute Gasteiger partial charge is 0.369 e. The zero-order chi connectivity index (χ0) is 13.8. The summed E-state index contributed by atoms with van der Waals surface area (Å²) in [6, 6.07) is 3.47. The summed E-state index contributed by atoms with van der Waals surface area (Å²) in [7, 11) is 3.39. The number of carbonyl (C=O) groups is 1. The Balaban J connectivity index is 2.53. The number of nitrogens with zero attached hydrogens (tertiary/aromatic N) is 3. The second-order valence-corrected chi connectivity index (χ2v) is 5.74. The van der Waals surface area contributed by atoms with Gasteiger partial charge in [-0.15, -0.1) is 10.2 Å². The number of hydrogen-bond acceptors (Lipinski definition) is 4. The van der Waals surface area contributed by atoms with Crippen molar-refractivity contribution in [2.75, 3.05) is 26.0 Å². The van der Waals surface area contributed by atoms with Gasteiger partial charge in [0.15, 0.2) is 5.69 Å². The molecule has 100 valence electrons. The summed E-state index contributed by atoms with van der Waals surface area (Å²) in [5, 5.41) is 11.1. The van der Waals surface area contributed by atoms with Crippen molar-refractivity contribution >= 4 is 11.7 Å². The van der Waals surface area contributed by atoms with E-state index in [9.17, 15) is 4.79 Å². The van der Waals surface area contributed by atoms with Crippen molar-refractivity contribution in [2.45, 2.75) is 27.2 Å². The van der Waals surface area contributed by atoms with Crippen molar-refractivity contribution in [1.29, 1.82) is 0 Å². The van der Waals surface area contributed by atoms with Crippen molar-refractivity contribution in [3.05, 3.63) is 17.8 Å². The van der Waals surface area contributed by atoms with E-state index in [1.54, 1.807) is 26.2 Å². The van der Waals surface area contributed by atoms with Gasteiger partial charge in [-0.1, -0.05) is 20.8 Å². The van der Waals surface area contributed by atoms with E-state index in [-0.39, 0.29) is 5.91 Å². The van der Waals surface area contributed by atoms with Crippen LogP contribution < -0.4 is 5.32 Å². The van der Waals surface area contributed by atoms with Gasteiger partial charge in [-0.3, -0.25) is 4.79 Å². The molecule has 0 aliphatic heterocycles. The molecule has 0 aromatic carbocycles. The van der Waals surface area contributed by atoms with E-state index in [1.165, 1.54) is 4.90 Å². The van der Waals surface area contributed by atoms with Crippen LogP contribution >= 0.6 is 0 Å². The number of carbonyl (C=O) groups excluding carboxylic acids is 1. The predicted octanol–water partition coefficient (Wildman–Crippen LogP) is 2.03. The zero-order valence-electron chi connectivity index (χ0n) is 11.8. The van der Waals surface area contributed by atoms with Crippen LogP contribution in [0.4, 0.5) is 5.82 Å². The highest BCUT2D eigenvalue weighted by atomic mass is 16.2. The van der Waals surface area contributed by atoms with Gasteiger partial charge in [-0.2, -0.15) is 0 Å². The summed E-state index contributed by atoms with van der Waals surface area (Å²) in [4.78, 5) is 13.1. The summed E-state index contributed by atoms with van der Waals surface area (Å²) in [5.41, 5.74) is 0.655. The van der Waals surface area contributed by atoms with Crippen LogP contribution in [0.25, 0.3) is 0 Å². The first kappa shape index (κ1) is 14.4. The standard InChI is InChI=1S/C13H22N4O/c1-13(2,3)8-9-14-11-7-6-10(15-16-11)12(18)17(4)5/h6-7H,8-9H2,1-5H3,(H,14,16). The van der Waals surface area contributed by atoms with Crippen LogP contribution in [0.2, 0.25) is 0 Å². The van der Waals surface area contributed by atoms with E-state index in [2.05, 4.69) is 36.3 Å². The fourth-order valence-electron chi connectivity index (χ4n) is 1.34. The van der Waals surface area contributed by atoms with E-state index in [0.29, 0.717) is 16.9 Å². The Bertz CT molecular complexity index is 392. The Morgan fingerprint density at radius 3 is 2.39 bits per heavy atom. The van der Waals surface area contributed by atoms with Crippen LogP contribution in [0.1, 0.15) is 37.7 Å². The van der Waals surface area contributed by atoms with Crippen LogP contribution in [-0.4, -0.2) is 41.6 Å². The molecule has 0 spiro atoms. The van der Waals surface area contributed by atoms with Gasteiger partial charge >= 0.3 is 0 Å². The number of amides is 1. The second kappa shape index (κ2) is 5.80. The fourth-order valence-corrected chi connectivity index (χ4v) is 1.34.